The number of rotatable bonds is 0. The van der Waals surface area contributed by atoms with Crippen molar-refractivity contribution in [1.82, 2.24) is 3.98 Å². The Balaban J connectivity index is 2.86. The summed E-state index contributed by atoms with van der Waals surface area (Å²) in [5.41, 5.74) is 0.941. The molecule has 2 aromatic rings. The van der Waals surface area contributed by atoms with Gasteiger partial charge in [0.2, 0.25) is 0 Å². The van der Waals surface area contributed by atoms with Gasteiger partial charge in [-0.25, -0.2) is 0 Å². The second-order valence-electron chi connectivity index (χ2n) is 2.50. The van der Waals surface area contributed by atoms with E-state index < -0.39 is 0 Å². The molecule has 0 aliphatic carbocycles. The molecule has 1 heterocycles. The van der Waals surface area contributed by atoms with Gasteiger partial charge >= 0.3 is 70.0 Å². The quantitative estimate of drug-likeness (QED) is 0.668. The second kappa shape index (κ2) is 2.36. The first kappa shape index (κ1) is 6.89. The fourth-order valence-corrected chi connectivity index (χ4v) is 2.53. The molecule has 0 aliphatic heterocycles. The summed E-state index contributed by atoms with van der Waals surface area (Å²) in [7, 11) is 0. The van der Waals surface area contributed by atoms with Gasteiger partial charge in [0, 0.05) is 0 Å². The minimum atomic E-state index is 0.244. The van der Waals surface area contributed by atoms with Crippen LogP contribution in [0.2, 0.25) is 0 Å². The Bertz CT molecular complexity index is 358. The van der Waals surface area contributed by atoms with Crippen molar-refractivity contribution in [3.05, 3.63) is 23.9 Å². The molecule has 0 bridgehead atoms. The molecular formula is C8H7NOSe. The molecule has 1 aromatic heterocycles. The third-order valence-corrected chi connectivity index (χ3v) is 3.27. The van der Waals surface area contributed by atoms with Crippen molar-refractivity contribution in [2.24, 2.45) is 0 Å². The molecule has 2 rings (SSSR count). The van der Waals surface area contributed by atoms with Gasteiger partial charge in [0.15, 0.2) is 0 Å². The maximum absolute atomic E-state index is 9.33. The van der Waals surface area contributed by atoms with E-state index in [0.29, 0.717) is 5.75 Å². The first-order valence-corrected chi connectivity index (χ1v) is 4.93. The summed E-state index contributed by atoms with van der Waals surface area (Å²) >= 11 is 0.244. The van der Waals surface area contributed by atoms with Crippen LogP contribution in [0, 0.1) is 6.92 Å². The van der Waals surface area contributed by atoms with E-state index >= 15 is 0 Å². The van der Waals surface area contributed by atoms with Gasteiger partial charge in [-0.1, -0.05) is 0 Å². The van der Waals surface area contributed by atoms with Crippen LogP contribution in [0.4, 0.5) is 0 Å². The Morgan fingerprint density at radius 3 is 3.09 bits per heavy atom. The van der Waals surface area contributed by atoms with Crippen molar-refractivity contribution in [2.45, 2.75) is 6.92 Å². The molecule has 56 valence electrons. The van der Waals surface area contributed by atoms with E-state index in [-0.39, 0.29) is 14.7 Å². The zero-order valence-electron chi connectivity index (χ0n) is 6.03. The first-order chi connectivity index (χ1) is 5.27. The van der Waals surface area contributed by atoms with E-state index in [4.69, 9.17) is 0 Å². The molecule has 11 heavy (non-hydrogen) atoms. The SMILES string of the molecule is Cc1cc2[se]ncc2cc1O. The number of aromatic hydroxyl groups is 1. The number of hydrogen-bond donors (Lipinski definition) is 1. The van der Waals surface area contributed by atoms with Crippen LogP contribution in [0.5, 0.6) is 5.75 Å². The van der Waals surface area contributed by atoms with Gasteiger partial charge in [-0.3, -0.25) is 0 Å². The van der Waals surface area contributed by atoms with Gasteiger partial charge in [0.05, 0.1) is 0 Å². The summed E-state index contributed by atoms with van der Waals surface area (Å²) in [4.78, 5) is 0. The number of fused-ring (bicyclic) bond motifs is 1. The van der Waals surface area contributed by atoms with E-state index in [2.05, 4.69) is 3.98 Å². The summed E-state index contributed by atoms with van der Waals surface area (Å²) in [6.07, 6.45) is 1.83. The fourth-order valence-electron chi connectivity index (χ4n) is 1.01. The van der Waals surface area contributed by atoms with Crippen molar-refractivity contribution < 1.29 is 5.11 Å². The number of phenolic OH excluding ortho intramolecular Hbond substituents is 1. The van der Waals surface area contributed by atoms with Gasteiger partial charge in [-0.15, -0.1) is 0 Å². The van der Waals surface area contributed by atoms with Gasteiger partial charge < -0.3 is 0 Å². The summed E-state index contributed by atoms with van der Waals surface area (Å²) in [6, 6.07) is 3.79. The van der Waals surface area contributed by atoms with Crippen LogP contribution in [-0.4, -0.2) is 23.8 Å². The average molecular weight is 212 g/mol. The maximum atomic E-state index is 9.33. The van der Waals surface area contributed by atoms with Crippen molar-refractivity contribution in [1.29, 1.82) is 0 Å². The third-order valence-electron chi connectivity index (χ3n) is 1.67. The van der Waals surface area contributed by atoms with E-state index in [1.807, 2.05) is 19.2 Å². The van der Waals surface area contributed by atoms with Crippen LogP contribution >= 0.6 is 0 Å². The van der Waals surface area contributed by atoms with E-state index in [0.717, 1.165) is 10.9 Å². The predicted octanol–water partition coefficient (Wildman–Crippen LogP) is 1.31. The molecule has 0 fully saturated rings. The molecular weight excluding hydrogens is 205 g/mol. The number of nitrogens with zero attached hydrogens (tertiary/aromatic N) is 1. The number of aryl methyl sites for hydroxylation is 1. The molecule has 0 unspecified atom stereocenters. The van der Waals surface area contributed by atoms with Crippen LogP contribution in [0.3, 0.4) is 0 Å². The molecule has 0 spiro atoms. The standard InChI is InChI=1S/C8H7NOSe/c1-5-2-8-6(3-7(5)10)4-9-11-8/h2-4,10H,1H3. The van der Waals surface area contributed by atoms with Gasteiger partial charge in [-0.05, 0) is 0 Å². The van der Waals surface area contributed by atoms with Crippen LogP contribution in [0.25, 0.3) is 9.65 Å². The predicted molar refractivity (Wildman–Crippen MR) is 45.1 cm³/mol. The number of aromatic nitrogens is 1. The third kappa shape index (κ3) is 1.06. The monoisotopic (exact) mass is 213 g/mol. The van der Waals surface area contributed by atoms with E-state index in [1.54, 1.807) is 6.07 Å². The Kier molecular flexibility index (Phi) is 1.48. The molecule has 2 nitrogen and oxygen atoms in total. The number of hydrogen-bond acceptors (Lipinski definition) is 2. The van der Waals surface area contributed by atoms with Crippen molar-refractivity contribution in [3.8, 4) is 5.75 Å². The molecule has 3 heteroatoms. The van der Waals surface area contributed by atoms with Crippen LogP contribution in [0.15, 0.2) is 18.3 Å². The normalized spacial score (nSPS) is 10.6. The first-order valence-electron chi connectivity index (χ1n) is 3.31. The molecule has 0 amide bonds. The Morgan fingerprint density at radius 1 is 1.45 bits per heavy atom. The van der Waals surface area contributed by atoms with Crippen molar-refractivity contribution >= 4 is 24.4 Å². The van der Waals surface area contributed by atoms with E-state index in [9.17, 15) is 5.11 Å². The molecule has 0 saturated carbocycles. The zero-order valence-corrected chi connectivity index (χ0v) is 7.75. The molecule has 0 aliphatic rings. The zero-order chi connectivity index (χ0) is 7.84. The molecule has 0 atom stereocenters. The Labute approximate surface area is 70.5 Å². The summed E-state index contributed by atoms with van der Waals surface area (Å²) in [6.45, 7) is 1.91. The Morgan fingerprint density at radius 2 is 2.27 bits per heavy atom. The van der Waals surface area contributed by atoms with E-state index in [1.165, 1.54) is 4.26 Å². The number of benzene rings is 1. The summed E-state index contributed by atoms with van der Waals surface area (Å²) in [5.74, 6) is 0.368. The Hall–Kier alpha value is -0.791. The minimum absolute atomic E-state index is 0.244. The van der Waals surface area contributed by atoms with Crippen molar-refractivity contribution in [2.75, 3.05) is 0 Å². The molecule has 1 aromatic carbocycles. The second-order valence-corrected chi connectivity index (χ2v) is 4.25. The molecule has 1 N–H and O–H groups in total. The topological polar surface area (TPSA) is 33.1 Å². The molecule has 0 radical (unpaired) electrons. The number of phenols is 1. The summed E-state index contributed by atoms with van der Waals surface area (Å²) in [5, 5.41) is 10.4. The molecule has 0 saturated heterocycles. The van der Waals surface area contributed by atoms with Gasteiger partial charge in [0.1, 0.15) is 0 Å². The van der Waals surface area contributed by atoms with Crippen molar-refractivity contribution in [3.63, 3.8) is 0 Å². The van der Waals surface area contributed by atoms with Crippen LogP contribution < -0.4 is 0 Å². The fraction of sp³-hybridized carbons (Fsp3) is 0.125. The van der Waals surface area contributed by atoms with Crippen LogP contribution in [0.1, 0.15) is 5.56 Å². The average Bonchev–Trinajstić information content (AvgIpc) is 2.36. The van der Waals surface area contributed by atoms with Crippen LogP contribution in [-0.2, 0) is 0 Å². The van der Waals surface area contributed by atoms with Gasteiger partial charge in [0.25, 0.3) is 0 Å². The summed E-state index contributed by atoms with van der Waals surface area (Å²) < 4.78 is 5.43. The van der Waals surface area contributed by atoms with Gasteiger partial charge in [-0.2, -0.15) is 0 Å².